The molecule has 0 radical (unpaired) electrons. The third-order valence-electron chi connectivity index (χ3n) is 2.70. The zero-order chi connectivity index (χ0) is 15.1. The monoisotopic (exact) mass is 301 g/mol. The molecule has 0 spiro atoms. The highest BCUT2D eigenvalue weighted by Gasteiger charge is 2.12. The molecule has 1 aromatic rings. The summed E-state index contributed by atoms with van der Waals surface area (Å²) in [4.78, 5) is 12.6. The zero-order valence-electron chi connectivity index (χ0n) is 12.0. The molecule has 0 bridgehead atoms. The van der Waals surface area contributed by atoms with Crippen molar-refractivity contribution in [1.82, 2.24) is 4.90 Å². The first-order valence-corrected chi connectivity index (χ1v) is 6.67. The van der Waals surface area contributed by atoms with Crippen LogP contribution in [0.5, 0.6) is 11.5 Å². The number of hydrogen-bond acceptors (Lipinski definition) is 4. The number of benzene rings is 1. The standard InChI is InChI=1S/C14H20ClNO4/c1-16(2)6-7-20-14-11(15)8-10(4-5-13(17)18)9-12(14)19-3/h8-9H,4-7H2,1-3H3,(H,17,18). The van der Waals surface area contributed by atoms with Crippen molar-refractivity contribution in [2.45, 2.75) is 12.8 Å². The lowest BCUT2D eigenvalue weighted by Crippen LogP contribution is -2.19. The molecule has 0 aliphatic carbocycles. The molecule has 6 heteroatoms. The number of aryl methyl sites for hydroxylation is 1. The van der Waals surface area contributed by atoms with E-state index in [0.717, 1.165) is 12.1 Å². The van der Waals surface area contributed by atoms with Gasteiger partial charge < -0.3 is 19.5 Å². The lowest BCUT2D eigenvalue weighted by atomic mass is 10.1. The summed E-state index contributed by atoms with van der Waals surface area (Å²) in [6.45, 7) is 1.26. The second-order valence-corrected chi connectivity index (χ2v) is 5.06. The van der Waals surface area contributed by atoms with Crippen LogP contribution in [0.3, 0.4) is 0 Å². The van der Waals surface area contributed by atoms with Crippen molar-refractivity contribution in [3.05, 3.63) is 22.7 Å². The molecule has 5 nitrogen and oxygen atoms in total. The normalized spacial score (nSPS) is 10.7. The van der Waals surface area contributed by atoms with Crippen LogP contribution < -0.4 is 9.47 Å². The summed E-state index contributed by atoms with van der Waals surface area (Å²) in [6.07, 6.45) is 0.462. The third kappa shape index (κ3) is 5.27. The summed E-state index contributed by atoms with van der Waals surface area (Å²) in [5, 5.41) is 9.13. The number of ether oxygens (including phenoxy) is 2. The van der Waals surface area contributed by atoms with Crippen LogP contribution in [0.15, 0.2) is 12.1 Å². The molecule has 1 N–H and O–H groups in total. The molecule has 1 aromatic carbocycles. The Bertz CT molecular complexity index is 463. The van der Waals surface area contributed by atoms with Gasteiger partial charge in [-0.2, -0.15) is 0 Å². The van der Waals surface area contributed by atoms with Crippen LogP contribution in [0.1, 0.15) is 12.0 Å². The Balaban J connectivity index is 2.81. The van der Waals surface area contributed by atoms with Crippen molar-refractivity contribution >= 4 is 17.6 Å². The number of likely N-dealkylation sites (N-methyl/N-ethyl adjacent to an activating group) is 1. The lowest BCUT2D eigenvalue weighted by Gasteiger charge is -2.15. The molecule has 1 rings (SSSR count). The molecule has 0 fully saturated rings. The van der Waals surface area contributed by atoms with E-state index in [1.54, 1.807) is 12.1 Å². The quantitative estimate of drug-likeness (QED) is 0.798. The van der Waals surface area contributed by atoms with Crippen molar-refractivity contribution in [1.29, 1.82) is 0 Å². The number of hydrogen-bond donors (Lipinski definition) is 1. The summed E-state index contributed by atoms with van der Waals surface area (Å²) in [5.74, 6) is 0.179. The molecular weight excluding hydrogens is 282 g/mol. The van der Waals surface area contributed by atoms with Crippen molar-refractivity contribution in [2.75, 3.05) is 34.4 Å². The zero-order valence-corrected chi connectivity index (χ0v) is 12.7. The summed E-state index contributed by atoms with van der Waals surface area (Å²) in [6, 6.07) is 3.48. The largest absolute Gasteiger partial charge is 0.493 e. The van der Waals surface area contributed by atoms with Gasteiger partial charge in [0.15, 0.2) is 11.5 Å². The van der Waals surface area contributed by atoms with Gasteiger partial charge in [0.2, 0.25) is 0 Å². The Morgan fingerprint density at radius 3 is 2.65 bits per heavy atom. The average Bonchev–Trinajstić information content (AvgIpc) is 2.37. The van der Waals surface area contributed by atoms with Crippen molar-refractivity contribution < 1.29 is 19.4 Å². The molecule has 0 aliphatic rings. The van der Waals surface area contributed by atoms with E-state index >= 15 is 0 Å². The molecule has 0 aliphatic heterocycles. The highest BCUT2D eigenvalue weighted by atomic mass is 35.5. The number of carboxylic acid groups (broad SMARTS) is 1. The fourth-order valence-electron chi connectivity index (χ4n) is 1.64. The molecule has 0 saturated heterocycles. The van der Waals surface area contributed by atoms with E-state index in [-0.39, 0.29) is 6.42 Å². The number of rotatable bonds is 8. The Kier molecular flexibility index (Phi) is 6.61. The molecule has 0 heterocycles. The molecular formula is C14H20ClNO4. The number of aliphatic carboxylic acids is 1. The van der Waals surface area contributed by atoms with E-state index in [1.165, 1.54) is 7.11 Å². The molecule has 0 saturated carbocycles. The number of carbonyl (C=O) groups is 1. The van der Waals surface area contributed by atoms with E-state index in [1.807, 2.05) is 19.0 Å². The van der Waals surface area contributed by atoms with Gasteiger partial charge in [-0.25, -0.2) is 0 Å². The predicted molar refractivity (Wildman–Crippen MR) is 78.0 cm³/mol. The van der Waals surface area contributed by atoms with Crippen LogP contribution in [0, 0.1) is 0 Å². The topological polar surface area (TPSA) is 59.0 Å². The van der Waals surface area contributed by atoms with Gasteiger partial charge in [0.25, 0.3) is 0 Å². The fraction of sp³-hybridized carbons (Fsp3) is 0.500. The molecule has 0 aromatic heterocycles. The Morgan fingerprint density at radius 1 is 1.40 bits per heavy atom. The van der Waals surface area contributed by atoms with E-state index in [4.69, 9.17) is 26.2 Å². The van der Waals surface area contributed by atoms with Crippen LogP contribution in [0.2, 0.25) is 5.02 Å². The van der Waals surface area contributed by atoms with Gasteiger partial charge >= 0.3 is 5.97 Å². The number of methoxy groups -OCH3 is 1. The van der Waals surface area contributed by atoms with Gasteiger partial charge in [-0.3, -0.25) is 4.79 Å². The van der Waals surface area contributed by atoms with Crippen LogP contribution in [-0.4, -0.2) is 50.3 Å². The van der Waals surface area contributed by atoms with Crippen LogP contribution in [-0.2, 0) is 11.2 Å². The lowest BCUT2D eigenvalue weighted by molar-refractivity contribution is -0.136. The van der Waals surface area contributed by atoms with Gasteiger partial charge in [-0.05, 0) is 38.2 Å². The Morgan fingerprint density at radius 2 is 2.10 bits per heavy atom. The third-order valence-corrected chi connectivity index (χ3v) is 2.98. The first-order chi connectivity index (χ1) is 9.43. The summed E-state index contributed by atoms with van der Waals surface area (Å²) in [5.41, 5.74) is 0.814. The minimum absolute atomic E-state index is 0.0559. The number of carboxylic acids is 1. The minimum Gasteiger partial charge on any atom is -0.493 e. The smallest absolute Gasteiger partial charge is 0.303 e. The molecule has 0 unspecified atom stereocenters. The first-order valence-electron chi connectivity index (χ1n) is 6.29. The van der Waals surface area contributed by atoms with Gasteiger partial charge in [0, 0.05) is 13.0 Å². The molecule has 112 valence electrons. The van der Waals surface area contributed by atoms with Crippen LogP contribution in [0.25, 0.3) is 0 Å². The summed E-state index contributed by atoms with van der Waals surface area (Å²) < 4.78 is 10.9. The number of halogens is 1. The molecule has 20 heavy (non-hydrogen) atoms. The second-order valence-electron chi connectivity index (χ2n) is 4.65. The van der Waals surface area contributed by atoms with E-state index in [9.17, 15) is 4.79 Å². The maximum Gasteiger partial charge on any atom is 0.303 e. The SMILES string of the molecule is COc1cc(CCC(=O)O)cc(Cl)c1OCCN(C)C. The van der Waals surface area contributed by atoms with Crippen LogP contribution >= 0.6 is 11.6 Å². The van der Waals surface area contributed by atoms with Crippen LogP contribution in [0.4, 0.5) is 0 Å². The van der Waals surface area contributed by atoms with Crippen molar-refractivity contribution in [3.8, 4) is 11.5 Å². The van der Waals surface area contributed by atoms with E-state index < -0.39 is 5.97 Å². The van der Waals surface area contributed by atoms with Crippen molar-refractivity contribution in [2.24, 2.45) is 0 Å². The first kappa shape index (κ1) is 16.6. The highest BCUT2D eigenvalue weighted by molar-refractivity contribution is 6.32. The maximum absolute atomic E-state index is 10.6. The van der Waals surface area contributed by atoms with E-state index in [2.05, 4.69) is 0 Å². The second kappa shape index (κ2) is 7.97. The summed E-state index contributed by atoms with van der Waals surface area (Å²) >= 11 is 6.18. The Labute approximate surface area is 124 Å². The highest BCUT2D eigenvalue weighted by Crippen LogP contribution is 2.36. The van der Waals surface area contributed by atoms with Gasteiger partial charge in [-0.1, -0.05) is 11.6 Å². The minimum atomic E-state index is -0.841. The number of nitrogens with zero attached hydrogens (tertiary/aromatic N) is 1. The molecule has 0 amide bonds. The van der Waals surface area contributed by atoms with Gasteiger partial charge in [0.1, 0.15) is 6.61 Å². The summed E-state index contributed by atoms with van der Waals surface area (Å²) in [7, 11) is 5.44. The molecule has 0 atom stereocenters. The average molecular weight is 302 g/mol. The maximum atomic E-state index is 10.6. The van der Waals surface area contributed by atoms with E-state index in [0.29, 0.717) is 29.5 Å². The van der Waals surface area contributed by atoms with Crippen molar-refractivity contribution in [3.63, 3.8) is 0 Å². The Hall–Kier alpha value is -1.46. The van der Waals surface area contributed by atoms with Gasteiger partial charge in [-0.15, -0.1) is 0 Å². The fourth-order valence-corrected chi connectivity index (χ4v) is 1.93. The van der Waals surface area contributed by atoms with Gasteiger partial charge in [0.05, 0.1) is 12.1 Å². The predicted octanol–water partition coefficient (Wildman–Crippen LogP) is 2.31.